The van der Waals surface area contributed by atoms with Crippen molar-refractivity contribution in [3.8, 4) is 0 Å². The first kappa shape index (κ1) is 25.2. The van der Waals surface area contributed by atoms with Gasteiger partial charge in [-0.3, -0.25) is 4.40 Å². The van der Waals surface area contributed by atoms with Crippen LogP contribution >= 0.6 is 11.6 Å². The number of amidine groups is 1. The van der Waals surface area contributed by atoms with E-state index in [9.17, 15) is 9.18 Å². The van der Waals surface area contributed by atoms with Gasteiger partial charge >= 0.3 is 138 Å². The third-order valence-corrected chi connectivity index (χ3v) is 7.45. The van der Waals surface area contributed by atoms with Gasteiger partial charge < -0.3 is 0 Å². The van der Waals surface area contributed by atoms with Gasteiger partial charge in [-0.1, -0.05) is 18.5 Å². The molecule has 0 aliphatic heterocycles. The summed E-state index contributed by atoms with van der Waals surface area (Å²) in [5.74, 6) is -0.683. The number of methoxy groups -OCH3 is 1. The molecule has 1 amide bonds. The van der Waals surface area contributed by atoms with Crippen LogP contribution in [0.25, 0.3) is 5.65 Å². The Morgan fingerprint density at radius 3 is 2.82 bits per heavy atom. The van der Waals surface area contributed by atoms with E-state index in [0.29, 0.717) is 78.9 Å². The van der Waals surface area contributed by atoms with Crippen molar-refractivity contribution in [1.29, 1.82) is 5.41 Å². The number of pyridine rings is 1. The molecule has 0 radical (unpaired) electrons. The Morgan fingerprint density at radius 1 is 1.39 bits per heavy atom. The van der Waals surface area contributed by atoms with E-state index in [1.165, 1.54) is 13.2 Å². The molecule has 0 spiro atoms. The molecule has 0 saturated heterocycles. The summed E-state index contributed by atoms with van der Waals surface area (Å²) >= 11 is 6.62. The zero-order valence-electron chi connectivity index (χ0n) is 18.7. The van der Waals surface area contributed by atoms with Crippen LogP contribution in [0, 0.1) is 18.2 Å². The van der Waals surface area contributed by atoms with E-state index in [1.54, 1.807) is 31.5 Å². The summed E-state index contributed by atoms with van der Waals surface area (Å²) < 4.78 is 22.9. The molecule has 2 heterocycles. The van der Waals surface area contributed by atoms with E-state index in [0.717, 1.165) is 5.56 Å². The summed E-state index contributed by atoms with van der Waals surface area (Å²) in [7, 11) is 1.46. The predicted octanol–water partition coefficient (Wildman–Crippen LogP) is 3.31. The van der Waals surface area contributed by atoms with Crippen molar-refractivity contribution < 1.29 is 13.9 Å². The number of fused-ring (bicyclic) bond motifs is 1. The first-order chi connectivity index (χ1) is 15.7. The molecular formula is C22H25ClFN6O2Tl. The van der Waals surface area contributed by atoms with E-state index in [-0.39, 0.29) is 18.5 Å². The van der Waals surface area contributed by atoms with Gasteiger partial charge in [0, 0.05) is 17.3 Å². The summed E-state index contributed by atoms with van der Waals surface area (Å²) in [5, 5.41) is 14.1. The first-order valence-electron chi connectivity index (χ1n) is 10.4. The average molecular weight is 664 g/mol. The second kappa shape index (κ2) is 11.1. The van der Waals surface area contributed by atoms with Crippen LogP contribution in [0.3, 0.4) is 0 Å². The molecule has 0 unspecified atom stereocenters. The van der Waals surface area contributed by atoms with Crippen molar-refractivity contribution in [2.75, 3.05) is 25.5 Å². The standard InChI is InChI=1S/C22H26ClFN6O2.Tl/c1-4-17-20(30-12-13(2)15(23)10-19(30)29-17)21(31)28-11-14-5-6-18(16(24)9-14)26-7-8-27-22(25)32-3;/h5-6,9-10,12,26H,4,7-8,11H2,1-3H3,(H3,25,27,28,31);/q;+1/p-1. The summed E-state index contributed by atoms with van der Waals surface area (Å²) in [5.41, 5.74) is 3.61. The van der Waals surface area contributed by atoms with E-state index >= 15 is 0 Å². The second-order valence-corrected chi connectivity index (χ2v) is 10.3. The van der Waals surface area contributed by atoms with Gasteiger partial charge in [-0.05, 0) is 18.9 Å². The summed E-state index contributed by atoms with van der Waals surface area (Å²) in [4.78, 5) is 17.5. The maximum atomic E-state index is 14.5. The minimum atomic E-state index is -0.403. The van der Waals surface area contributed by atoms with Crippen molar-refractivity contribution in [3.63, 3.8) is 0 Å². The molecule has 2 aromatic heterocycles. The molecule has 8 nitrogen and oxygen atoms in total. The van der Waals surface area contributed by atoms with Gasteiger partial charge in [0.25, 0.3) is 0 Å². The molecule has 11 heteroatoms. The fourth-order valence-corrected chi connectivity index (χ4v) is 4.37. The fraction of sp³-hybridized carbons (Fsp3) is 0.318. The van der Waals surface area contributed by atoms with Gasteiger partial charge in [0.1, 0.15) is 5.65 Å². The Labute approximate surface area is 213 Å². The fourth-order valence-electron chi connectivity index (χ4n) is 3.31. The Hall–Kier alpha value is -2.41. The molecule has 0 aliphatic rings. The Morgan fingerprint density at radius 2 is 2.15 bits per heavy atom. The number of ether oxygens (including phenoxy) is 1. The average Bonchev–Trinajstić information content (AvgIpc) is 3.15. The molecule has 0 fully saturated rings. The molecule has 3 rings (SSSR count). The molecule has 3 aromatic rings. The van der Waals surface area contributed by atoms with Gasteiger partial charge in [-0.2, -0.15) is 0 Å². The van der Waals surface area contributed by atoms with E-state index < -0.39 is 5.82 Å². The number of aryl methyl sites for hydroxylation is 2. The number of carbonyl (C=O) groups excluding carboxylic acids is 1. The number of halogens is 2. The van der Waals surface area contributed by atoms with Gasteiger partial charge in [0.05, 0.1) is 5.69 Å². The number of benzene rings is 1. The van der Waals surface area contributed by atoms with Crippen LogP contribution in [0.15, 0.2) is 30.5 Å². The topological polar surface area (TPSA) is 94.8 Å². The number of amides is 1. The maximum absolute atomic E-state index is 14.5. The molecule has 3 N–H and O–H groups in total. The third kappa shape index (κ3) is 5.94. The normalized spacial score (nSPS) is 10.8. The number of nitrogens with zero attached hydrogens (tertiary/aromatic N) is 3. The summed E-state index contributed by atoms with van der Waals surface area (Å²) in [6.45, 7) is 5.02. The van der Waals surface area contributed by atoms with Gasteiger partial charge in [0.15, 0.2) is 0 Å². The number of aromatic nitrogens is 2. The Balaban J connectivity index is 1.66. The number of imidazole rings is 1. The van der Waals surface area contributed by atoms with Crippen molar-refractivity contribution >= 4 is 60.9 Å². The SMILES string of the molecule is CCc1nc2cc(Cl)c(C)cn2c1C(=O)NCc1ccc(NCC[N]([Tl])C(=N)OC)c(F)c1. The number of hydrogen-bond donors (Lipinski definition) is 3. The zero-order valence-corrected chi connectivity index (χ0v) is 24.0. The van der Waals surface area contributed by atoms with Crippen molar-refractivity contribution in [1.82, 2.24) is 17.4 Å². The number of anilines is 1. The van der Waals surface area contributed by atoms with Gasteiger partial charge in [-0.25, -0.2) is 4.98 Å². The Kier molecular flexibility index (Phi) is 8.52. The van der Waals surface area contributed by atoms with Crippen molar-refractivity contribution in [2.45, 2.75) is 26.8 Å². The second-order valence-electron chi connectivity index (χ2n) is 7.42. The van der Waals surface area contributed by atoms with E-state index in [4.69, 9.17) is 21.7 Å². The van der Waals surface area contributed by atoms with E-state index in [1.807, 2.05) is 13.8 Å². The zero-order chi connectivity index (χ0) is 24.1. The minimum absolute atomic E-state index is 0.115. The number of rotatable bonds is 8. The van der Waals surface area contributed by atoms with Crippen LogP contribution in [0.4, 0.5) is 10.1 Å². The molecular weight excluding hydrogens is 639 g/mol. The number of hydrogen-bond acceptors (Lipinski definition) is 5. The monoisotopic (exact) mass is 664 g/mol. The molecule has 0 atom stereocenters. The van der Waals surface area contributed by atoms with Gasteiger partial charge in [-0.15, -0.1) is 0 Å². The molecule has 0 bridgehead atoms. The molecule has 1 aromatic carbocycles. The van der Waals surface area contributed by atoms with Crippen molar-refractivity contribution in [2.24, 2.45) is 0 Å². The molecule has 0 aliphatic carbocycles. The summed E-state index contributed by atoms with van der Waals surface area (Å²) in [6, 6.07) is 6.67. The molecule has 0 saturated carbocycles. The molecule has 33 heavy (non-hydrogen) atoms. The number of carbonyl (C=O) groups is 1. The Bertz CT molecular complexity index is 1190. The van der Waals surface area contributed by atoms with Crippen LogP contribution in [0.1, 0.15) is 34.2 Å². The summed E-state index contributed by atoms with van der Waals surface area (Å²) in [6.07, 6.45) is 2.39. The van der Waals surface area contributed by atoms with Crippen LogP contribution in [0.5, 0.6) is 0 Å². The molecule has 172 valence electrons. The van der Waals surface area contributed by atoms with Crippen molar-refractivity contribution in [3.05, 3.63) is 63.8 Å². The number of nitrogens with one attached hydrogen (secondary N) is 3. The van der Waals surface area contributed by atoms with Crippen LogP contribution in [-0.2, 0) is 17.7 Å². The third-order valence-electron chi connectivity index (χ3n) is 5.12. The van der Waals surface area contributed by atoms with Crippen LogP contribution in [0.2, 0.25) is 5.02 Å². The quantitative estimate of drug-likeness (QED) is 0.195. The van der Waals surface area contributed by atoms with Gasteiger partial charge in [0.2, 0.25) is 0 Å². The van der Waals surface area contributed by atoms with E-state index in [2.05, 4.69) is 15.6 Å². The first-order valence-corrected chi connectivity index (χ1v) is 12.8. The predicted molar refractivity (Wildman–Crippen MR) is 128 cm³/mol. The van der Waals surface area contributed by atoms with Crippen LogP contribution < -0.4 is 10.6 Å². The van der Waals surface area contributed by atoms with Crippen LogP contribution in [-0.4, -0.2) is 70.3 Å².